The zero-order chi connectivity index (χ0) is 17.0. The minimum Gasteiger partial charge on any atom is -0.411 e. The maximum absolute atomic E-state index is 10.3. The Morgan fingerprint density at radius 3 is 2.27 bits per heavy atom. The predicted molar refractivity (Wildman–Crippen MR) is 90.9 cm³/mol. The summed E-state index contributed by atoms with van der Waals surface area (Å²) in [5.41, 5.74) is 0.963. The molecule has 0 saturated carbocycles. The molecule has 1 N–H and O–H groups in total. The first-order valence-corrected chi connectivity index (χ1v) is 10.6. The quantitative estimate of drug-likeness (QED) is 0.631. The molecule has 5 heteroatoms. The van der Waals surface area contributed by atoms with Crippen LogP contribution < -0.4 is 0 Å². The van der Waals surface area contributed by atoms with Gasteiger partial charge >= 0.3 is 0 Å². The van der Waals surface area contributed by atoms with Gasteiger partial charge in [-0.1, -0.05) is 51.1 Å². The highest BCUT2D eigenvalue weighted by molar-refractivity contribution is 6.74. The van der Waals surface area contributed by atoms with E-state index in [-0.39, 0.29) is 11.1 Å². The van der Waals surface area contributed by atoms with Crippen molar-refractivity contribution in [2.24, 2.45) is 0 Å². The third-order valence-electron chi connectivity index (χ3n) is 4.37. The van der Waals surface area contributed by atoms with E-state index < -0.39 is 14.4 Å². The monoisotopic (exact) mass is 320 g/mol. The van der Waals surface area contributed by atoms with E-state index in [1.165, 1.54) is 0 Å². The lowest BCUT2D eigenvalue weighted by Crippen LogP contribution is -2.49. The molecular weight excluding hydrogens is 292 g/mol. The first kappa shape index (κ1) is 18.9. The molecule has 1 aromatic rings. The molecule has 0 bridgehead atoms. The minimum atomic E-state index is -1.97. The SMILES string of the molecule is C[C@H](O[Si](C)(C)C(C)(C)C)C(C#N)N(O)Cc1ccccc1. The van der Waals surface area contributed by atoms with Crippen LogP contribution in [0.1, 0.15) is 33.3 Å². The number of benzene rings is 1. The maximum Gasteiger partial charge on any atom is 0.192 e. The Labute approximate surface area is 135 Å². The molecule has 0 aliphatic rings. The molecule has 1 unspecified atom stereocenters. The summed E-state index contributed by atoms with van der Waals surface area (Å²) in [7, 11) is -1.97. The van der Waals surface area contributed by atoms with Crippen LogP contribution in [0.4, 0.5) is 0 Å². The zero-order valence-corrected chi connectivity index (χ0v) is 15.5. The number of rotatable bonds is 6. The molecule has 0 fully saturated rings. The van der Waals surface area contributed by atoms with Gasteiger partial charge in [-0.2, -0.15) is 10.3 Å². The van der Waals surface area contributed by atoms with Gasteiger partial charge in [0.2, 0.25) is 0 Å². The summed E-state index contributed by atoms with van der Waals surface area (Å²) in [5, 5.41) is 20.9. The van der Waals surface area contributed by atoms with Crippen molar-refractivity contribution in [2.75, 3.05) is 0 Å². The Balaban J connectivity index is 2.76. The molecule has 1 rings (SSSR count). The van der Waals surface area contributed by atoms with Crippen LogP contribution >= 0.6 is 0 Å². The third kappa shape index (κ3) is 4.92. The number of nitrogens with zero attached hydrogens (tertiary/aromatic N) is 2. The molecule has 0 aromatic heterocycles. The topological polar surface area (TPSA) is 56.5 Å². The van der Waals surface area contributed by atoms with Crippen LogP contribution in [0.25, 0.3) is 0 Å². The van der Waals surface area contributed by atoms with Crippen molar-refractivity contribution in [1.82, 2.24) is 5.06 Å². The van der Waals surface area contributed by atoms with E-state index in [1.54, 1.807) is 0 Å². The molecule has 0 aliphatic carbocycles. The van der Waals surface area contributed by atoms with Crippen molar-refractivity contribution in [3.05, 3.63) is 35.9 Å². The molecule has 4 nitrogen and oxygen atoms in total. The predicted octanol–water partition coefficient (Wildman–Crippen LogP) is 4.18. The normalized spacial score (nSPS) is 15.4. The molecule has 0 radical (unpaired) electrons. The number of hydrogen-bond donors (Lipinski definition) is 1. The van der Waals surface area contributed by atoms with Crippen molar-refractivity contribution in [2.45, 2.75) is 64.5 Å². The summed E-state index contributed by atoms with van der Waals surface area (Å²) in [6.07, 6.45) is -0.348. The van der Waals surface area contributed by atoms with Gasteiger partial charge < -0.3 is 9.63 Å². The number of hydroxylamine groups is 2. The lowest BCUT2D eigenvalue weighted by Gasteiger charge is -2.40. The summed E-state index contributed by atoms with van der Waals surface area (Å²) in [6.45, 7) is 13.0. The lowest BCUT2D eigenvalue weighted by atomic mass is 10.1. The summed E-state index contributed by atoms with van der Waals surface area (Å²) in [5.74, 6) is 0. The van der Waals surface area contributed by atoms with Crippen LogP contribution in [0.5, 0.6) is 0 Å². The standard InChI is InChI=1S/C17H28N2O2Si/c1-14(21-22(5,6)17(2,3)4)16(12-18)19(20)13-15-10-8-7-9-11-15/h7-11,14,16,20H,13H2,1-6H3/t14-,16?/m0/s1. The molecule has 0 aliphatic heterocycles. The van der Waals surface area contributed by atoms with Gasteiger partial charge in [0.15, 0.2) is 8.32 Å². The van der Waals surface area contributed by atoms with Crippen molar-refractivity contribution in [3.63, 3.8) is 0 Å². The average Bonchev–Trinajstić information content (AvgIpc) is 2.38. The van der Waals surface area contributed by atoms with Crippen molar-refractivity contribution in [1.29, 1.82) is 5.26 Å². The molecule has 2 atom stereocenters. The average molecular weight is 321 g/mol. The van der Waals surface area contributed by atoms with Crippen LogP contribution in [-0.4, -0.2) is 30.7 Å². The molecule has 0 heterocycles. The summed E-state index contributed by atoms with van der Waals surface area (Å²) in [4.78, 5) is 0. The number of nitriles is 1. The van der Waals surface area contributed by atoms with Crippen molar-refractivity contribution < 1.29 is 9.63 Å². The Morgan fingerprint density at radius 1 is 1.27 bits per heavy atom. The molecule has 0 saturated heterocycles. The highest BCUT2D eigenvalue weighted by Crippen LogP contribution is 2.37. The largest absolute Gasteiger partial charge is 0.411 e. The first-order valence-electron chi connectivity index (χ1n) is 7.65. The highest BCUT2D eigenvalue weighted by Gasteiger charge is 2.40. The van der Waals surface area contributed by atoms with Crippen molar-refractivity contribution in [3.8, 4) is 6.07 Å². The van der Waals surface area contributed by atoms with E-state index in [0.29, 0.717) is 6.54 Å². The van der Waals surface area contributed by atoms with E-state index in [1.807, 2.05) is 37.3 Å². The van der Waals surface area contributed by atoms with E-state index >= 15 is 0 Å². The van der Waals surface area contributed by atoms with E-state index in [9.17, 15) is 10.5 Å². The van der Waals surface area contributed by atoms with Gasteiger partial charge in [0.25, 0.3) is 0 Å². The Hall–Kier alpha value is -1.19. The van der Waals surface area contributed by atoms with Crippen LogP contribution in [-0.2, 0) is 11.0 Å². The summed E-state index contributed by atoms with van der Waals surface area (Å²) >= 11 is 0. The van der Waals surface area contributed by atoms with E-state index in [4.69, 9.17) is 4.43 Å². The van der Waals surface area contributed by atoms with Gasteiger partial charge in [0.1, 0.15) is 6.04 Å². The Kier molecular flexibility index (Phi) is 6.33. The fraction of sp³-hybridized carbons (Fsp3) is 0.588. The van der Waals surface area contributed by atoms with Gasteiger partial charge in [0, 0.05) is 0 Å². The van der Waals surface area contributed by atoms with Crippen LogP contribution in [0, 0.1) is 11.3 Å². The van der Waals surface area contributed by atoms with Gasteiger partial charge in [-0.3, -0.25) is 0 Å². The van der Waals surface area contributed by atoms with Gasteiger partial charge in [-0.05, 0) is 30.6 Å². The van der Waals surface area contributed by atoms with Crippen LogP contribution in [0.3, 0.4) is 0 Å². The molecular formula is C17H28N2O2Si. The second kappa shape index (κ2) is 7.38. The maximum atomic E-state index is 10.3. The lowest BCUT2D eigenvalue weighted by molar-refractivity contribution is -0.140. The molecule has 0 spiro atoms. The van der Waals surface area contributed by atoms with E-state index in [2.05, 4.69) is 39.9 Å². The summed E-state index contributed by atoms with van der Waals surface area (Å²) in [6, 6.07) is 11.1. The van der Waals surface area contributed by atoms with Crippen LogP contribution in [0.2, 0.25) is 18.1 Å². The molecule has 122 valence electrons. The molecule has 0 amide bonds. The fourth-order valence-corrected chi connectivity index (χ4v) is 3.40. The van der Waals surface area contributed by atoms with E-state index in [0.717, 1.165) is 10.6 Å². The van der Waals surface area contributed by atoms with Gasteiger partial charge in [0.05, 0.1) is 18.7 Å². The highest BCUT2D eigenvalue weighted by atomic mass is 28.4. The smallest absolute Gasteiger partial charge is 0.192 e. The van der Waals surface area contributed by atoms with Crippen LogP contribution in [0.15, 0.2) is 30.3 Å². The van der Waals surface area contributed by atoms with Crippen molar-refractivity contribution >= 4 is 8.32 Å². The zero-order valence-electron chi connectivity index (χ0n) is 14.5. The first-order chi connectivity index (χ1) is 10.1. The second-order valence-electron chi connectivity index (χ2n) is 7.24. The molecule has 22 heavy (non-hydrogen) atoms. The Bertz CT molecular complexity index is 506. The molecule has 1 aromatic carbocycles. The second-order valence-corrected chi connectivity index (χ2v) is 12.0. The fourth-order valence-electron chi connectivity index (χ4n) is 1.99. The third-order valence-corrected chi connectivity index (χ3v) is 8.95. The summed E-state index contributed by atoms with van der Waals surface area (Å²) < 4.78 is 6.23. The Morgan fingerprint density at radius 2 is 1.82 bits per heavy atom. The van der Waals surface area contributed by atoms with Gasteiger partial charge in [-0.25, -0.2) is 0 Å². The number of hydrogen-bond acceptors (Lipinski definition) is 4. The minimum absolute atomic E-state index is 0.0704. The van der Waals surface area contributed by atoms with Gasteiger partial charge in [-0.15, -0.1) is 0 Å².